The molecule has 3 heterocycles. The van der Waals surface area contributed by atoms with E-state index in [0.717, 1.165) is 55.7 Å². The molecule has 308 valence electrons. The number of aromatic nitrogens is 5. The fourth-order valence-electron chi connectivity index (χ4n) is 9.84. The van der Waals surface area contributed by atoms with Crippen LogP contribution in [0.2, 0.25) is 0 Å². The molecular formula is C61H39N5. The minimum Gasteiger partial charge on any atom is -0.309 e. The van der Waals surface area contributed by atoms with Crippen LogP contribution in [0.5, 0.6) is 0 Å². The van der Waals surface area contributed by atoms with Crippen LogP contribution in [0, 0.1) is 0 Å². The number of fused-ring (bicyclic) bond motifs is 7. The van der Waals surface area contributed by atoms with Crippen LogP contribution < -0.4 is 0 Å². The topological polar surface area (TPSA) is 48.5 Å². The summed E-state index contributed by atoms with van der Waals surface area (Å²) in [6.07, 6.45) is 0. The summed E-state index contributed by atoms with van der Waals surface area (Å²) in [7, 11) is 0. The van der Waals surface area contributed by atoms with Crippen molar-refractivity contribution in [3.05, 3.63) is 237 Å². The summed E-state index contributed by atoms with van der Waals surface area (Å²) in [5, 5.41) is 7.31. The van der Waals surface area contributed by atoms with Gasteiger partial charge >= 0.3 is 0 Å². The van der Waals surface area contributed by atoms with Crippen LogP contribution >= 0.6 is 0 Å². The Bertz CT molecular complexity index is 3820. The number of para-hydroxylation sites is 3. The smallest absolute Gasteiger partial charge is 0.164 e. The van der Waals surface area contributed by atoms with Crippen LogP contribution in [0.25, 0.3) is 122 Å². The second kappa shape index (κ2) is 15.4. The van der Waals surface area contributed by atoms with Crippen LogP contribution in [0.4, 0.5) is 0 Å². The Balaban J connectivity index is 0.948. The average molecular weight is 842 g/mol. The molecule has 0 atom stereocenters. The fourth-order valence-corrected chi connectivity index (χ4v) is 9.84. The van der Waals surface area contributed by atoms with Gasteiger partial charge in [0, 0.05) is 49.3 Å². The van der Waals surface area contributed by atoms with E-state index in [1.807, 2.05) is 12.1 Å². The van der Waals surface area contributed by atoms with Crippen molar-refractivity contribution in [3.63, 3.8) is 0 Å². The molecule has 0 spiro atoms. The number of rotatable bonds is 7. The number of nitrogens with zero attached hydrogens (tertiary/aromatic N) is 5. The van der Waals surface area contributed by atoms with E-state index in [-0.39, 0.29) is 0 Å². The molecule has 3 aromatic heterocycles. The second-order valence-corrected chi connectivity index (χ2v) is 16.8. The molecule has 13 rings (SSSR count). The zero-order valence-electron chi connectivity index (χ0n) is 35.8. The molecule has 0 amide bonds. The number of hydrogen-bond acceptors (Lipinski definition) is 3. The molecule has 0 fully saturated rings. The monoisotopic (exact) mass is 841 g/mol. The van der Waals surface area contributed by atoms with Gasteiger partial charge < -0.3 is 9.13 Å². The molecule has 0 saturated heterocycles. The minimum absolute atomic E-state index is 0.614. The van der Waals surface area contributed by atoms with Crippen molar-refractivity contribution in [1.29, 1.82) is 0 Å². The number of hydrogen-bond donors (Lipinski definition) is 0. The van der Waals surface area contributed by atoms with E-state index in [1.54, 1.807) is 0 Å². The van der Waals surface area contributed by atoms with Crippen molar-refractivity contribution >= 4 is 54.4 Å². The van der Waals surface area contributed by atoms with Gasteiger partial charge in [-0.25, -0.2) is 15.0 Å². The third-order valence-corrected chi connectivity index (χ3v) is 12.9. The highest BCUT2D eigenvalue weighted by Gasteiger charge is 2.19. The Kier molecular flexibility index (Phi) is 8.78. The molecule has 0 bridgehead atoms. The molecule has 0 saturated carbocycles. The molecule has 5 nitrogen and oxygen atoms in total. The molecule has 13 aromatic rings. The molecule has 0 unspecified atom stereocenters. The molecule has 0 N–H and O–H groups in total. The van der Waals surface area contributed by atoms with E-state index < -0.39 is 0 Å². The van der Waals surface area contributed by atoms with Crippen molar-refractivity contribution in [2.45, 2.75) is 0 Å². The lowest BCUT2D eigenvalue weighted by atomic mass is 10.0. The molecular weight excluding hydrogens is 803 g/mol. The van der Waals surface area contributed by atoms with E-state index in [0.29, 0.717) is 17.5 Å². The van der Waals surface area contributed by atoms with Gasteiger partial charge in [-0.05, 0) is 100 Å². The Morgan fingerprint density at radius 3 is 1.24 bits per heavy atom. The maximum atomic E-state index is 5.18. The first-order valence-electron chi connectivity index (χ1n) is 22.3. The summed E-state index contributed by atoms with van der Waals surface area (Å²) in [6.45, 7) is 0. The summed E-state index contributed by atoms with van der Waals surface area (Å²) >= 11 is 0. The van der Waals surface area contributed by atoms with Gasteiger partial charge in [-0.3, -0.25) is 0 Å². The second-order valence-electron chi connectivity index (χ2n) is 16.8. The van der Waals surface area contributed by atoms with Crippen molar-refractivity contribution < 1.29 is 0 Å². The third-order valence-electron chi connectivity index (χ3n) is 12.9. The van der Waals surface area contributed by atoms with Gasteiger partial charge in [-0.1, -0.05) is 164 Å². The van der Waals surface area contributed by atoms with Gasteiger partial charge in [-0.15, -0.1) is 0 Å². The molecule has 66 heavy (non-hydrogen) atoms. The first kappa shape index (κ1) is 37.6. The average Bonchev–Trinajstić information content (AvgIpc) is 3.90. The lowest BCUT2D eigenvalue weighted by Crippen LogP contribution is -2.01. The standard InChI is InChI=1S/C61H39N5/c1-3-16-40(17-4-1)43-20-13-23-46(36-43)60-62-59(63-61(64-60)47-24-14-21-44(37-47)41-18-5-2-6-19-41)42-32-34-48(35-33-42)65-54-28-10-9-27-51(54)53-39-52-45(38-58(53)65)22-15-31-57(52)66-55-29-11-7-25-49(55)50-26-8-12-30-56(50)66/h1-39H. The van der Waals surface area contributed by atoms with E-state index >= 15 is 0 Å². The summed E-state index contributed by atoms with van der Waals surface area (Å²) < 4.78 is 4.81. The predicted octanol–water partition coefficient (Wildman–Crippen LogP) is 15.6. The summed E-state index contributed by atoms with van der Waals surface area (Å²) in [4.78, 5) is 15.5. The first-order valence-corrected chi connectivity index (χ1v) is 22.3. The minimum atomic E-state index is 0.614. The Hall–Kier alpha value is -8.93. The fraction of sp³-hybridized carbons (Fsp3) is 0. The van der Waals surface area contributed by atoms with Crippen LogP contribution in [-0.2, 0) is 0 Å². The lowest BCUT2D eigenvalue weighted by molar-refractivity contribution is 1.07. The van der Waals surface area contributed by atoms with Crippen molar-refractivity contribution in [1.82, 2.24) is 24.1 Å². The molecule has 0 aliphatic rings. The van der Waals surface area contributed by atoms with E-state index in [4.69, 9.17) is 15.0 Å². The van der Waals surface area contributed by atoms with E-state index in [9.17, 15) is 0 Å². The van der Waals surface area contributed by atoms with E-state index in [2.05, 4.69) is 234 Å². The summed E-state index contributed by atoms with van der Waals surface area (Å²) in [5.41, 5.74) is 14.2. The zero-order chi connectivity index (χ0) is 43.6. The van der Waals surface area contributed by atoms with Crippen LogP contribution in [-0.4, -0.2) is 24.1 Å². The maximum absolute atomic E-state index is 5.18. The van der Waals surface area contributed by atoms with Crippen LogP contribution in [0.3, 0.4) is 0 Å². The van der Waals surface area contributed by atoms with Gasteiger partial charge in [-0.2, -0.15) is 0 Å². The quantitative estimate of drug-likeness (QED) is 0.161. The largest absolute Gasteiger partial charge is 0.309 e. The molecule has 5 heteroatoms. The highest BCUT2D eigenvalue weighted by molar-refractivity contribution is 6.16. The van der Waals surface area contributed by atoms with Gasteiger partial charge in [0.25, 0.3) is 0 Å². The van der Waals surface area contributed by atoms with Gasteiger partial charge in [0.15, 0.2) is 17.5 Å². The highest BCUT2D eigenvalue weighted by Crippen LogP contribution is 2.40. The van der Waals surface area contributed by atoms with Gasteiger partial charge in [0.05, 0.1) is 27.8 Å². The van der Waals surface area contributed by atoms with Crippen molar-refractivity contribution in [2.75, 3.05) is 0 Å². The Morgan fingerprint density at radius 1 is 0.242 bits per heavy atom. The lowest BCUT2D eigenvalue weighted by Gasteiger charge is -2.13. The van der Waals surface area contributed by atoms with Crippen LogP contribution in [0.15, 0.2) is 237 Å². The van der Waals surface area contributed by atoms with Crippen molar-refractivity contribution in [2.24, 2.45) is 0 Å². The van der Waals surface area contributed by atoms with E-state index in [1.165, 1.54) is 49.0 Å². The summed E-state index contributed by atoms with van der Waals surface area (Å²) in [5.74, 6) is 1.86. The Morgan fingerprint density at radius 2 is 0.682 bits per heavy atom. The third kappa shape index (κ3) is 6.28. The van der Waals surface area contributed by atoms with Crippen molar-refractivity contribution in [3.8, 4) is 67.8 Å². The molecule has 0 aliphatic carbocycles. The number of benzene rings is 10. The Labute approximate surface area is 381 Å². The molecule has 0 radical (unpaired) electrons. The molecule has 0 aliphatic heterocycles. The molecule has 10 aromatic carbocycles. The van der Waals surface area contributed by atoms with Crippen LogP contribution in [0.1, 0.15) is 0 Å². The van der Waals surface area contributed by atoms with Gasteiger partial charge in [0.2, 0.25) is 0 Å². The normalized spacial score (nSPS) is 11.6. The summed E-state index contributed by atoms with van der Waals surface area (Å²) in [6, 6.07) is 84.0. The first-order chi connectivity index (χ1) is 32.7. The maximum Gasteiger partial charge on any atom is 0.164 e. The van der Waals surface area contributed by atoms with Gasteiger partial charge in [0.1, 0.15) is 0 Å². The SMILES string of the molecule is c1ccc(-c2cccc(-c3nc(-c4ccc(-n5c6ccccc6c6cc7c(-n8c9ccccc9c9ccccc98)cccc7cc65)cc4)nc(-c4cccc(-c5ccccc5)c4)n3)c2)cc1. The highest BCUT2D eigenvalue weighted by atomic mass is 15.0. The predicted molar refractivity (Wildman–Crippen MR) is 273 cm³/mol. The zero-order valence-corrected chi connectivity index (χ0v) is 35.8.